The van der Waals surface area contributed by atoms with Crippen molar-refractivity contribution in [3.8, 4) is 60.7 Å². The van der Waals surface area contributed by atoms with Crippen LogP contribution in [-0.2, 0) is 0 Å². The maximum atomic E-state index is 15.6. The maximum Gasteiger partial charge on any atom is 0.234 e. The fourth-order valence-electron chi connectivity index (χ4n) is 5.67. The smallest absolute Gasteiger partial charge is 0.227 e. The monoisotopic (exact) mass is 636 g/mol. The number of nitrogens with zero attached hydrogens (tertiary/aromatic N) is 12. The lowest BCUT2D eigenvalue weighted by molar-refractivity contribution is 0.573. The number of aromatic nitrogens is 2. The predicted octanol–water partition coefficient (Wildman–Crippen LogP) is 4.88. The molecule has 220 valence electrons. The van der Waals surface area contributed by atoms with E-state index in [9.17, 15) is 51.7 Å². The van der Waals surface area contributed by atoms with Gasteiger partial charge in [0.25, 0.3) is 0 Å². The largest absolute Gasteiger partial charge is 0.234 e. The molecule has 1 aromatic heterocycles. The highest BCUT2D eigenvalue weighted by atomic mass is 19.1. The Morgan fingerprint density at radius 1 is 0.531 bits per heavy atom. The van der Waals surface area contributed by atoms with E-state index >= 15 is 8.78 Å². The summed E-state index contributed by atoms with van der Waals surface area (Å²) >= 11 is 0. The van der Waals surface area contributed by atoms with Gasteiger partial charge in [-0.05, 0) is 12.1 Å². The number of benzene rings is 2. The molecule has 15 heteroatoms. The van der Waals surface area contributed by atoms with Crippen molar-refractivity contribution in [2.45, 2.75) is 0 Å². The topological polar surface area (TPSA) is 264 Å². The van der Waals surface area contributed by atoms with Crippen molar-refractivity contribution >= 4 is 33.4 Å². The highest BCUT2D eigenvalue weighted by Crippen LogP contribution is 2.58. The first-order chi connectivity index (χ1) is 23.7. The van der Waals surface area contributed by atoms with Gasteiger partial charge < -0.3 is 0 Å². The molecule has 0 fully saturated rings. The van der Waals surface area contributed by atoms with Crippen LogP contribution in [-0.4, -0.2) is 9.97 Å². The molecule has 12 nitrogen and oxygen atoms in total. The fraction of sp³-hybridized carbons (Fsp3) is 0. The lowest BCUT2D eigenvalue weighted by Crippen LogP contribution is -2.05. The number of allylic oxidation sites excluding steroid dienone is 8. The van der Waals surface area contributed by atoms with Gasteiger partial charge in [-0.25, -0.2) is 13.8 Å². The highest BCUT2D eigenvalue weighted by Gasteiger charge is 2.44. The van der Waals surface area contributed by atoms with Gasteiger partial charge in [-0.15, -0.1) is 0 Å². The Morgan fingerprint density at radius 2 is 1.02 bits per heavy atom. The summed E-state index contributed by atoms with van der Waals surface area (Å²) in [6.45, 7) is 0. The summed E-state index contributed by atoms with van der Waals surface area (Å²) in [5.41, 5.74) is -10.6. The summed E-state index contributed by atoms with van der Waals surface area (Å²) in [6.07, 6.45) is 0.771. The van der Waals surface area contributed by atoms with Gasteiger partial charge in [-0.1, -0.05) is 0 Å². The molecule has 1 heterocycles. The van der Waals surface area contributed by atoms with Gasteiger partial charge in [0.2, 0.25) is 11.8 Å². The van der Waals surface area contributed by atoms with E-state index in [2.05, 4.69) is 9.97 Å². The normalized spacial score (nSPS) is 11.9. The molecule has 49 heavy (non-hydrogen) atoms. The Kier molecular flexibility index (Phi) is 7.69. The summed E-state index contributed by atoms with van der Waals surface area (Å²) < 4.78 is 45.9. The van der Waals surface area contributed by atoms with Gasteiger partial charge in [0, 0.05) is 56.3 Å². The molecule has 5 rings (SSSR count). The number of hydrogen-bond donors (Lipinski definition) is 0. The maximum absolute atomic E-state index is 15.6. The molecular weight excluding hydrogens is 633 g/mol. The number of hydrogen-bond acceptors (Lipinski definition) is 12. The second-order valence-corrected chi connectivity index (χ2v) is 9.58. The molecular formula is C34H3F3N12. The molecule has 2 aromatic carbocycles. The van der Waals surface area contributed by atoms with Crippen LogP contribution in [0.2, 0.25) is 0 Å². The van der Waals surface area contributed by atoms with E-state index in [1.807, 2.05) is 0 Å². The lowest BCUT2D eigenvalue weighted by atomic mass is 9.82. The van der Waals surface area contributed by atoms with E-state index in [1.165, 1.54) is 12.1 Å². The van der Waals surface area contributed by atoms with Crippen molar-refractivity contribution in [3.63, 3.8) is 0 Å². The summed E-state index contributed by atoms with van der Waals surface area (Å²) in [5, 5.41) is 100. The summed E-state index contributed by atoms with van der Waals surface area (Å²) in [5.74, 6) is -4.58. The minimum absolute atomic E-state index is 0.485. The summed E-state index contributed by atoms with van der Waals surface area (Å²) in [7, 11) is 0. The minimum Gasteiger partial charge on any atom is -0.227 e. The Balaban J connectivity index is 2.12. The van der Waals surface area contributed by atoms with Crippen LogP contribution in [0, 0.1) is 131 Å². The van der Waals surface area contributed by atoms with Crippen LogP contribution in [0.1, 0.15) is 55.9 Å². The molecule has 0 radical (unpaired) electrons. The first-order valence-corrected chi connectivity index (χ1v) is 12.9. The van der Waals surface area contributed by atoms with E-state index in [-0.39, 0.29) is 0 Å². The van der Waals surface area contributed by atoms with E-state index in [0.717, 1.165) is 6.20 Å². The Hall–Kier alpha value is -8.83. The van der Waals surface area contributed by atoms with E-state index in [0.29, 0.717) is 12.1 Å². The third-order valence-corrected chi connectivity index (χ3v) is 7.45. The number of rotatable bonds is 2. The summed E-state index contributed by atoms with van der Waals surface area (Å²) in [4.78, 5) is 7.09. The average molecular weight is 636 g/mol. The third kappa shape index (κ3) is 4.30. The molecule has 0 amide bonds. The number of nitriles is 10. The van der Waals surface area contributed by atoms with Gasteiger partial charge in [-0.3, -0.25) is 0 Å². The number of fused-ring (bicyclic) bond motifs is 2. The van der Waals surface area contributed by atoms with Crippen LogP contribution in [0.15, 0.2) is 29.5 Å². The minimum atomic E-state index is -1.39. The average Bonchev–Trinajstić information content (AvgIpc) is 3.62. The van der Waals surface area contributed by atoms with Crippen molar-refractivity contribution in [1.82, 2.24) is 9.97 Å². The van der Waals surface area contributed by atoms with Gasteiger partial charge >= 0.3 is 0 Å². The Bertz CT molecular complexity index is 2720. The van der Waals surface area contributed by atoms with Crippen LogP contribution in [0.4, 0.5) is 13.2 Å². The molecule has 2 aliphatic rings. The molecule has 0 aliphatic heterocycles. The zero-order valence-corrected chi connectivity index (χ0v) is 23.7. The van der Waals surface area contributed by atoms with E-state index in [1.54, 1.807) is 48.6 Å². The molecule has 0 spiro atoms. The van der Waals surface area contributed by atoms with Crippen molar-refractivity contribution in [2.24, 2.45) is 0 Å². The molecule has 0 atom stereocenters. The molecule has 0 saturated carbocycles. The van der Waals surface area contributed by atoms with Gasteiger partial charge in [-0.2, -0.15) is 62.0 Å². The Morgan fingerprint density at radius 3 is 1.41 bits per heavy atom. The third-order valence-electron chi connectivity index (χ3n) is 7.45. The SMILES string of the molecule is N#CC(C#N)=C1C(c2cc(F)c(C#N)cc2F)=C(C#N)c2c(C#N)c3c(c(C#N)c21)C(C#N)=C(c1cnc(C#N)nc1F)C3=C(C#N)C#N. The van der Waals surface area contributed by atoms with Gasteiger partial charge in [0.05, 0.1) is 33.4 Å². The van der Waals surface area contributed by atoms with Crippen LogP contribution in [0.3, 0.4) is 0 Å². The molecule has 3 aromatic rings. The standard InChI is InChI=1S/C34H3F3N12/c35-23-2-17(24(36)1-14(23)3-38)28-18(8-43)29-20(10-45)33-27(16(6-41)7-42)31(22-13-48-25(12-47)49-34(22)37)19(9-44)30(33)21(11-46)32(29)26(28)15(4-39)5-40/h1-2,13H. The van der Waals surface area contributed by atoms with Crippen LogP contribution in [0.5, 0.6) is 0 Å². The van der Waals surface area contributed by atoms with Crippen molar-refractivity contribution < 1.29 is 13.2 Å². The molecule has 0 bridgehead atoms. The first-order valence-electron chi connectivity index (χ1n) is 12.9. The van der Waals surface area contributed by atoms with E-state index < -0.39 is 118 Å². The van der Waals surface area contributed by atoms with Crippen LogP contribution < -0.4 is 0 Å². The second kappa shape index (κ2) is 11.9. The lowest BCUT2D eigenvalue weighted by Gasteiger charge is -2.16. The molecule has 0 N–H and O–H groups in total. The van der Waals surface area contributed by atoms with Crippen LogP contribution in [0.25, 0.3) is 33.4 Å². The predicted molar refractivity (Wildman–Crippen MR) is 155 cm³/mol. The quantitative estimate of drug-likeness (QED) is 0.269. The highest BCUT2D eigenvalue weighted by molar-refractivity contribution is 6.32. The zero-order valence-electron chi connectivity index (χ0n) is 23.7. The van der Waals surface area contributed by atoms with Crippen molar-refractivity contribution in [2.75, 3.05) is 0 Å². The molecule has 2 aliphatic carbocycles. The Labute approximate surface area is 272 Å². The van der Waals surface area contributed by atoms with Gasteiger partial charge in [0.1, 0.15) is 83.5 Å². The fourth-order valence-corrected chi connectivity index (χ4v) is 5.67. The second-order valence-electron chi connectivity index (χ2n) is 9.58. The van der Waals surface area contributed by atoms with Crippen molar-refractivity contribution in [1.29, 1.82) is 52.6 Å². The first kappa shape index (κ1) is 31.6. The van der Waals surface area contributed by atoms with E-state index in [4.69, 9.17) is 5.26 Å². The number of halogens is 3. The zero-order chi connectivity index (χ0) is 35.7. The molecule has 0 unspecified atom stereocenters. The van der Waals surface area contributed by atoms with Crippen molar-refractivity contribution in [3.05, 3.63) is 103 Å². The summed E-state index contributed by atoms with van der Waals surface area (Å²) in [6, 6.07) is 17.3. The van der Waals surface area contributed by atoms with Crippen LogP contribution >= 0.6 is 0 Å². The molecule has 0 saturated heterocycles. The van der Waals surface area contributed by atoms with Gasteiger partial charge in [0.15, 0.2) is 0 Å².